The van der Waals surface area contributed by atoms with Crippen LogP contribution in [-0.2, 0) is 4.79 Å². The lowest BCUT2D eigenvalue weighted by Gasteiger charge is -2.41. The summed E-state index contributed by atoms with van der Waals surface area (Å²) in [7, 11) is 0. The van der Waals surface area contributed by atoms with Crippen molar-refractivity contribution >= 4 is 27.8 Å². The molecule has 88 valence electrons. The van der Waals surface area contributed by atoms with Crippen LogP contribution < -0.4 is 0 Å². The van der Waals surface area contributed by atoms with Gasteiger partial charge in [-0.2, -0.15) is 0 Å². The molecule has 4 rings (SSSR count). The van der Waals surface area contributed by atoms with Crippen LogP contribution in [0.5, 0.6) is 0 Å². The monoisotopic (exact) mass is 291 g/mol. The molecule has 1 aromatic carbocycles. The van der Waals surface area contributed by atoms with Crippen LogP contribution in [0.1, 0.15) is 18.4 Å². The lowest BCUT2D eigenvalue weighted by atomic mass is 9.84. The molecule has 0 saturated carbocycles. The molecule has 0 atom stereocenters. The third kappa shape index (κ3) is 2.04. The van der Waals surface area contributed by atoms with Gasteiger partial charge in [-0.1, -0.05) is 28.1 Å². The maximum atomic E-state index is 12.2. The summed E-state index contributed by atoms with van der Waals surface area (Å²) >= 11 is 3.46. The summed E-state index contributed by atoms with van der Waals surface area (Å²) in [6.45, 7) is 2.08. The van der Waals surface area contributed by atoms with E-state index in [-0.39, 0.29) is 5.92 Å². The van der Waals surface area contributed by atoms with Gasteiger partial charge in [0, 0.05) is 23.5 Å². The Balaban J connectivity index is 1.95. The molecule has 3 aliphatic heterocycles. The first-order chi connectivity index (χ1) is 8.24. The van der Waals surface area contributed by atoms with E-state index in [2.05, 4.69) is 20.8 Å². The molecule has 0 amide bonds. The maximum Gasteiger partial charge on any atom is 0.182 e. The van der Waals surface area contributed by atoms with E-state index in [1.54, 1.807) is 0 Å². The van der Waals surface area contributed by atoms with Gasteiger partial charge in [0.2, 0.25) is 0 Å². The van der Waals surface area contributed by atoms with Gasteiger partial charge in [-0.05, 0) is 36.6 Å². The molecule has 0 unspecified atom stereocenters. The fourth-order valence-electron chi connectivity index (χ4n) is 2.66. The van der Waals surface area contributed by atoms with E-state index in [4.69, 9.17) is 0 Å². The minimum absolute atomic E-state index is 0.276. The predicted octanol–water partition coefficient (Wildman–Crippen LogP) is 3.08. The number of Topliss-reactive ketones (excluding diaryl/α,β-unsaturated/α-hetero) is 1. The van der Waals surface area contributed by atoms with Crippen LogP contribution in [0.15, 0.2) is 34.4 Å². The molecule has 2 bridgehead atoms. The van der Waals surface area contributed by atoms with Gasteiger partial charge in [0.15, 0.2) is 5.78 Å². The van der Waals surface area contributed by atoms with Crippen LogP contribution >= 0.6 is 15.9 Å². The molecule has 1 aromatic rings. The first-order valence-electron chi connectivity index (χ1n) is 6.00. The van der Waals surface area contributed by atoms with Crippen molar-refractivity contribution in [2.75, 3.05) is 13.1 Å². The van der Waals surface area contributed by atoms with Gasteiger partial charge in [-0.15, -0.1) is 0 Å². The number of carbonyl (C=O) groups is 1. The molecule has 0 aromatic heterocycles. The zero-order chi connectivity index (χ0) is 11.8. The SMILES string of the molecule is O=C1/C(=C/c2cccc(Br)c2)N2CCC1CC2. The Labute approximate surface area is 109 Å². The van der Waals surface area contributed by atoms with Crippen molar-refractivity contribution in [1.29, 1.82) is 0 Å². The average Bonchev–Trinajstić information content (AvgIpc) is 2.34. The van der Waals surface area contributed by atoms with Crippen molar-refractivity contribution in [3.63, 3.8) is 0 Å². The van der Waals surface area contributed by atoms with Crippen LogP contribution in [0.4, 0.5) is 0 Å². The largest absolute Gasteiger partial charge is 0.369 e. The van der Waals surface area contributed by atoms with Gasteiger partial charge in [0.25, 0.3) is 0 Å². The summed E-state index contributed by atoms with van der Waals surface area (Å²) in [6, 6.07) is 8.08. The molecule has 0 radical (unpaired) electrons. The number of allylic oxidation sites excluding steroid dienone is 1. The highest BCUT2D eigenvalue weighted by Crippen LogP contribution is 2.32. The van der Waals surface area contributed by atoms with Crippen LogP contribution in [0.3, 0.4) is 0 Å². The van der Waals surface area contributed by atoms with Crippen LogP contribution in [0.25, 0.3) is 6.08 Å². The Morgan fingerprint density at radius 3 is 2.71 bits per heavy atom. The molecule has 3 aliphatic rings. The summed E-state index contributed by atoms with van der Waals surface area (Å²) in [5, 5.41) is 0. The lowest BCUT2D eigenvalue weighted by molar-refractivity contribution is -0.125. The number of rotatable bonds is 1. The van der Waals surface area contributed by atoms with Gasteiger partial charge in [0.1, 0.15) is 0 Å². The molecule has 3 heteroatoms. The van der Waals surface area contributed by atoms with E-state index >= 15 is 0 Å². The number of nitrogens with zero attached hydrogens (tertiary/aromatic N) is 1. The topological polar surface area (TPSA) is 20.3 Å². The molecule has 3 saturated heterocycles. The molecule has 3 heterocycles. The Kier molecular flexibility index (Phi) is 2.79. The molecule has 0 aliphatic carbocycles. The van der Waals surface area contributed by atoms with E-state index in [0.717, 1.165) is 41.7 Å². The van der Waals surface area contributed by atoms with Crippen LogP contribution in [0, 0.1) is 5.92 Å². The second kappa shape index (κ2) is 4.30. The number of fused-ring (bicyclic) bond motifs is 3. The fourth-order valence-corrected chi connectivity index (χ4v) is 3.08. The Hall–Kier alpha value is -1.09. The highest BCUT2D eigenvalue weighted by atomic mass is 79.9. The van der Waals surface area contributed by atoms with E-state index in [0.29, 0.717) is 5.78 Å². The third-order valence-electron chi connectivity index (χ3n) is 3.61. The number of benzene rings is 1. The average molecular weight is 292 g/mol. The van der Waals surface area contributed by atoms with Gasteiger partial charge < -0.3 is 4.90 Å². The summed E-state index contributed by atoms with van der Waals surface area (Å²) < 4.78 is 1.05. The zero-order valence-corrected chi connectivity index (χ0v) is 11.1. The van der Waals surface area contributed by atoms with Gasteiger partial charge in [-0.3, -0.25) is 4.79 Å². The quantitative estimate of drug-likeness (QED) is 0.741. The summed E-state index contributed by atoms with van der Waals surface area (Å²) in [6.07, 6.45) is 4.10. The number of ketones is 1. The number of halogens is 1. The predicted molar refractivity (Wildman–Crippen MR) is 71.4 cm³/mol. The molecule has 17 heavy (non-hydrogen) atoms. The van der Waals surface area contributed by atoms with Gasteiger partial charge in [-0.25, -0.2) is 0 Å². The van der Waals surface area contributed by atoms with E-state index in [1.165, 1.54) is 0 Å². The van der Waals surface area contributed by atoms with E-state index in [1.807, 2.05) is 30.3 Å². The molecule has 2 nitrogen and oxygen atoms in total. The van der Waals surface area contributed by atoms with Crippen LogP contribution in [0.2, 0.25) is 0 Å². The van der Waals surface area contributed by atoms with Crippen molar-refractivity contribution in [2.24, 2.45) is 5.92 Å². The number of carbonyl (C=O) groups excluding carboxylic acids is 1. The Morgan fingerprint density at radius 2 is 2.06 bits per heavy atom. The highest BCUT2D eigenvalue weighted by molar-refractivity contribution is 9.10. The minimum Gasteiger partial charge on any atom is -0.369 e. The summed E-state index contributed by atoms with van der Waals surface area (Å²) in [4.78, 5) is 14.4. The number of hydrogen-bond acceptors (Lipinski definition) is 2. The summed E-state index contributed by atoms with van der Waals surface area (Å²) in [5.74, 6) is 0.612. The third-order valence-corrected chi connectivity index (χ3v) is 4.10. The van der Waals surface area contributed by atoms with Crippen molar-refractivity contribution in [1.82, 2.24) is 4.90 Å². The lowest BCUT2D eigenvalue weighted by Crippen LogP contribution is -2.45. The van der Waals surface area contributed by atoms with Crippen LogP contribution in [-0.4, -0.2) is 23.8 Å². The fraction of sp³-hybridized carbons (Fsp3) is 0.357. The first kappa shape index (κ1) is 11.0. The number of piperidine rings is 3. The maximum absolute atomic E-state index is 12.2. The Morgan fingerprint density at radius 1 is 1.29 bits per heavy atom. The Bertz CT molecular complexity index is 487. The standard InChI is InChI=1S/C14H14BrNO/c15-12-3-1-2-10(8-12)9-13-14(17)11-4-6-16(13)7-5-11/h1-3,8-9,11H,4-7H2/b13-9-. The molecule has 0 spiro atoms. The van der Waals surface area contributed by atoms with Crippen molar-refractivity contribution in [2.45, 2.75) is 12.8 Å². The second-order valence-electron chi connectivity index (χ2n) is 4.71. The summed E-state index contributed by atoms with van der Waals surface area (Å²) in [5.41, 5.74) is 2.00. The normalized spacial score (nSPS) is 22.5. The minimum atomic E-state index is 0.276. The molecule has 0 N–H and O–H groups in total. The van der Waals surface area contributed by atoms with Crippen molar-refractivity contribution in [3.05, 3.63) is 40.0 Å². The smallest absolute Gasteiger partial charge is 0.182 e. The van der Waals surface area contributed by atoms with Gasteiger partial charge >= 0.3 is 0 Å². The van der Waals surface area contributed by atoms with Crippen molar-refractivity contribution < 1.29 is 4.79 Å². The van der Waals surface area contributed by atoms with E-state index < -0.39 is 0 Å². The first-order valence-corrected chi connectivity index (χ1v) is 6.80. The molecule has 3 fully saturated rings. The molecular weight excluding hydrogens is 278 g/mol. The second-order valence-corrected chi connectivity index (χ2v) is 5.63. The highest BCUT2D eigenvalue weighted by Gasteiger charge is 2.36. The van der Waals surface area contributed by atoms with Crippen molar-refractivity contribution in [3.8, 4) is 0 Å². The molecular formula is C14H14BrNO. The van der Waals surface area contributed by atoms with Gasteiger partial charge in [0.05, 0.1) is 5.70 Å². The zero-order valence-electron chi connectivity index (χ0n) is 9.53. The van der Waals surface area contributed by atoms with E-state index in [9.17, 15) is 4.79 Å². The number of hydrogen-bond donors (Lipinski definition) is 0.